The highest BCUT2D eigenvalue weighted by Crippen LogP contribution is 2.24. The van der Waals surface area contributed by atoms with Crippen LogP contribution in [0.1, 0.15) is 0 Å². The smallest absolute Gasteiger partial charge is 0.279 e. The second-order valence-electron chi connectivity index (χ2n) is 2.54. The molecule has 0 heterocycles. The molecule has 0 aliphatic heterocycles. The quantitative estimate of drug-likeness (QED) is 0.777. The van der Waals surface area contributed by atoms with Gasteiger partial charge in [0.1, 0.15) is 0 Å². The summed E-state index contributed by atoms with van der Waals surface area (Å²) in [5.74, 6) is -3.43. The van der Waals surface area contributed by atoms with Crippen LogP contribution in [0.3, 0.4) is 0 Å². The first kappa shape index (κ1) is 13.1. The average Bonchev–Trinajstić information content (AvgIpc) is 2.10. The van der Waals surface area contributed by atoms with Gasteiger partial charge in [-0.3, -0.25) is 4.72 Å². The Morgan fingerprint density at radius 3 is 2.47 bits per heavy atom. The molecule has 0 aliphatic carbocycles. The highest BCUT2D eigenvalue weighted by Gasteiger charge is 2.23. The number of halogens is 4. The van der Waals surface area contributed by atoms with Crippen molar-refractivity contribution >= 4 is 54.2 Å². The van der Waals surface area contributed by atoms with E-state index in [1.54, 1.807) is 10.8 Å². The van der Waals surface area contributed by atoms with Crippen molar-refractivity contribution < 1.29 is 17.2 Å². The van der Waals surface area contributed by atoms with Gasteiger partial charge in [0.15, 0.2) is 0 Å². The molecule has 1 rings (SSSR count). The van der Waals surface area contributed by atoms with Crippen molar-refractivity contribution in [3.63, 3.8) is 0 Å². The fourth-order valence-corrected chi connectivity index (χ4v) is 2.03. The zero-order valence-corrected chi connectivity index (χ0v) is 11.6. The maximum absolute atomic E-state index is 12.0. The predicted molar refractivity (Wildman–Crippen MR) is 65.4 cm³/mol. The SMILES string of the molecule is O=S(=O)(Nc1ccc(I)c(Br)c1)C(F)F. The van der Waals surface area contributed by atoms with Crippen LogP contribution >= 0.6 is 38.5 Å². The topological polar surface area (TPSA) is 46.2 Å². The van der Waals surface area contributed by atoms with E-state index in [0.29, 0.717) is 4.47 Å². The molecule has 0 amide bonds. The summed E-state index contributed by atoms with van der Waals surface area (Å²) in [5, 5.41) is 0. The van der Waals surface area contributed by atoms with Gasteiger partial charge in [-0.15, -0.1) is 0 Å². The Morgan fingerprint density at radius 1 is 1.40 bits per heavy atom. The molecule has 0 unspecified atom stereocenters. The second kappa shape index (κ2) is 4.91. The monoisotopic (exact) mass is 411 g/mol. The minimum Gasteiger partial charge on any atom is -0.279 e. The zero-order valence-electron chi connectivity index (χ0n) is 7.05. The van der Waals surface area contributed by atoms with E-state index in [9.17, 15) is 17.2 Å². The van der Waals surface area contributed by atoms with Crippen LogP contribution < -0.4 is 4.72 Å². The van der Waals surface area contributed by atoms with Crippen LogP contribution in [0.2, 0.25) is 0 Å². The molecule has 1 aromatic rings. The molecule has 8 heteroatoms. The number of hydrogen-bond donors (Lipinski definition) is 1. The average molecular weight is 412 g/mol. The number of hydrogen-bond acceptors (Lipinski definition) is 2. The van der Waals surface area contributed by atoms with Gasteiger partial charge in [-0.1, -0.05) is 0 Å². The zero-order chi connectivity index (χ0) is 11.6. The van der Waals surface area contributed by atoms with Crippen molar-refractivity contribution in [3.05, 3.63) is 26.2 Å². The third-order valence-corrected chi connectivity index (χ3v) is 4.74. The van der Waals surface area contributed by atoms with Gasteiger partial charge in [0.25, 0.3) is 10.0 Å². The third kappa shape index (κ3) is 3.52. The lowest BCUT2D eigenvalue weighted by Crippen LogP contribution is -2.20. The van der Waals surface area contributed by atoms with Crippen molar-refractivity contribution in [2.45, 2.75) is 5.76 Å². The van der Waals surface area contributed by atoms with Crippen molar-refractivity contribution in [3.8, 4) is 0 Å². The van der Waals surface area contributed by atoms with Gasteiger partial charge in [-0.05, 0) is 56.7 Å². The summed E-state index contributed by atoms with van der Waals surface area (Å²) in [6, 6.07) is 4.43. The minimum absolute atomic E-state index is 0.0996. The molecule has 0 atom stereocenters. The van der Waals surface area contributed by atoms with E-state index < -0.39 is 15.8 Å². The highest BCUT2D eigenvalue weighted by atomic mass is 127. The van der Waals surface area contributed by atoms with Crippen LogP contribution in [0.5, 0.6) is 0 Å². The summed E-state index contributed by atoms with van der Waals surface area (Å²) in [5.41, 5.74) is 0.0996. The molecule has 15 heavy (non-hydrogen) atoms. The summed E-state index contributed by atoms with van der Waals surface area (Å²) in [6.45, 7) is 0. The second-order valence-corrected chi connectivity index (χ2v) is 6.20. The van der Waals surface area contributed by atoms with E-state index in [-0.39, 0.29) is 5.69 Å². The van der Waals surface area contributed by atoms with Gasteiger partial charge in [0, 0.05) is 13.7 Å². The molecule has 0 bridgehead atoms. The molecule has 0 saturated carbocycles. The Labute approximate surface area is 108 Å². The summed E-state index contributed by atoms with van der Waals surface area (Å²) in [4.78, 5) is 0. The van der Waals surface area contributed by atoms with Gasteiger partial charge in [0.2, 0.25) is 0 Å². The molecule has 0 spiro atoms. The third-order valence-electron chi connectivity index (χ3n) is 1.41. The molecule has 3 nitrogen and oxygen atoms in total. The largest absolute Gasteiger partial charge is 0.355 e. The van der Waals surface area contributed by atoms with E-state index in [2.05, 4.69) is 15.9 Å². The van der Waals surface area contributed by atoms with Crippen LogP contribution in [0.15, 0.2) is 22.7 Å². The summed E-state index contributed by atoms with van der Waals surface area (Å²) in [6.07, 6.45) is 0. The Morgan fingerprint density at radius 2 is 2.00 bits per heavy atom. The molecule has 0 saturated heterocycles. The van der Waals surface area contributed by atoms with Gasteiger partial charge in [-0.2, -0.15) is 8.78 Å². The summed E-state index contributed by atoms with van der Waals surface area (Å²) >= 11 is 5.18. The Balaban J connectivity index is 2.96. The molecule has 1 aromatic carbocycles. The first-order chi connectivity index (χ1) is 6.83. The fraction of sp³-hybridized carbons (Fsp3) is 0.143. The maximum atomic E-state index is 12.0. The van der Waals surface area contributed by atoms with E-state index in [1.807, 2.05) is 22.6 Å². The Hall–Kier alpha value is 0.0400. The number of anilines is 1. The molecule has 0 radical (unpaired) electrons. The van der Waals surface area contributed by atoms with Crippen molar-refractivity contribution in [2.24, 2.45) is 0 Å². The first-order valence-electron chi connectivity index (χ1n) is 3.58. The molecular formula is C7H5BrF2INO2S. The molecule has 0 fully saturated rings. The van der Waals surface area contributed by atoms with Crippen molar-refractivity contribution in [1.82, 2.24) is 0 Å². The van der Waals surface area contributed by atoms with Crippen LogP contribution in [-0.2, 0) is 10.0 Å². The van der Waals surface area contributed by atoms with Gasteiger partial charge >= 0.3 is 5.76 Å². The molecule has 0 aromatic heterocycles. The minimum atomic E-state index is -4.59. The van der Waals surface area contributed by atoms with Crippen LogP contribution in [0, 0.1) is 3.57 Å². The molecular weight excluding hydrogens is 407 g/mol. The number of alkyl halides is 2. The van der Waals surface area contributed by atoms with Gasteiger partial charge < -0.3 is 0 Å². The summed E-state index contributed by atoms with van der Waals surface area (Å²) < 4.78 is 48.9. The standard InChI is InChI=1S/C7H5BrF2INO2S/c8-5-3-4(1-2-6(5)11)12-15(13,14)7(9)10/h1-3,7,12H. The van der Waals surface area contributed by atoms with E-state index in [1.165, 1.54) is 12.1 Å². The molecule has 1 N–H and O–H groups in total. The number of benzene rings is 1. The molecule has 84 valence electrons. The number of nitrogens with one attached hydrogen (secondary N) is 1. The number of sulfonamides is 1. The lowest BCUT2D eigenvalue weighted by atomic mass is 10.3. The summed E-state index contributed by atoms with van der Waals surface area (Å²) in [7, 11) is -4.59. The number of rotatable bonds is 3. The molecule has 0 aliphatic rings. The van der Waals surface area contributed by atoms with E-state index in [4.69, 9.17) is 0 Å². The Kier molecular flexibility index (Phi) is 4.29. The van der Waals surface area contributed by atoms with E-state index >= 15 is 0 Å². The van der Waals surface area contributed by atoms with Crippen molar-refractivity contribution in [1.29, 1.82) is 0 Å². The maximum Gasteiger partial charge on any atom is 0.355 e. The van der Waals surface area contributed by atoms with Gasteiger partial charge in [0.05, 0.1) is 0 Å². The predicted octanol–water partition coefficient (Wildman–Crippen LogP) is 3.02. The first-order valence-corrected chi connectivity index (χ1v) is 6.99. The highest BCUT2D eigenvalue weighted by molar-refractivity contribution is 14.1. The van der Waals surface area contributed by atoms with Gasteiger partial charge in [-0.25, -0.2) is 8.42 Å². The van der Waals surface area contributed by atoms with Crippen molar-refractivity contribution in [2.75, 3.05) is 4.72 Å². The Bertz CT molecular complexity index is 466. The normalized spacial score (nSPS) is 11.8. The lowest BCUT2D eigenvalue weighted by molar-refractivity contribution is 0.236. The van der Waals surface area contributed by atoms with Crippen LogP contribution in [0.4, 0.5) is 14.5 Å². The lowest BCUT2D eigenvalue weighted by Gasteiger charge is -2.07. The van der Waals surface area contributed by atoms with Crippen LogP contribution in [-0.4, -0.2) is 14.2 Å². The fourth-order valence-electron chi connectivity index (χ4n) is 0.768. The van der Waals surface area contributed by atoms with E-state index in [0.717, 1.165) is 3.57 Å². The van der Waals surface area contributed by atoms with Crippen LogP contribution in [0.25, 0.3) is 0 Å².